The largest absolute Gasteiger partial charge is 0.508 e. The maximum Gasteiger partial charge on any atom is 0.251 e. The molecule has 6 unspecified atom stereocenters. The van der Waals surface area contributed by atoms with E-state index >= 15 is 0 Å². The van der Waals surface area contributed by atoms with Crippen LogP contribution < -0.4 is 36.6 Å². The van der Waals surface area contributed by atoms with Crippen LogP contribution in [0, 0.1) is 0 Å². The quantitative estimate of drug-likeness (QED) is 0.0765. The third-order valence-electron chi connectivity index (χ3n) is 14.7. The lowest BCUT2D eigenvalue weighted by molar-refractivity contribution is -0.145. The molecule has 3 aliphatic heterocycles. The smallest absolute Gasteiger partial charge is 0.251 e. The van der Waals surface area contributed by atoms with Crippen LogP contribution >= 0.6 is 0 Å². The Morgan fingerprint density at radius 2 is 1.23 bits per heavy atom. The Kier molecular flexibility index (Phi) is 20.8. The summed E-state index contributed by atoms with van der Waals surface area (Å²) >= 11 is 0. The molecule has 80 heavy (non-hydrogen) atoms. The van der Waals surface area contributed by atoms with Gasteiger partial charge in [-0.1, -0.05) is 80.4 Å². The average molecular weight is 1100 g/mol. The number of carbonyl (C=O) groups excluding carboxylic acids is 8. The van der Waals surface area contributed by atoms with Crippen molar-refractivity contribution in [1.82, 2.24) is 41.7 Å². The van der Waals surface area contributed by atoms with Crippen molar-refractivity contribution in [2.45, 2.75) is 146 Å². The van der Waals surface area contributed by atoms with Gasteiger partial charge in [0, 0.05) is 44.6 Å². The fourth-order valence-electron chi connectivity index (χ4n) is 10.3. The third-order valence-corrected chi connectivity index (χ3v) is 14.7. The van der Waals surface area contributed by atoms with Crippen LogP contribution in [-0.4, -0.2) is 164 Å². The van der Waals surface area contributed by atoms with E-state index in [2.05, 4.69) is 38.8 Å². The zero-order valence-corrected chi connectivity index (χ0v) is 45.6. The maximum atomic E-state index is 14.5. The molecule has 21 heteroatoms. The minimum atomic E-state index is -1.70. The van der Waals surface area contributed by atoms with Crippen molar-refractivity contribution in [3.8, 4) is 33.8 Å². The van der Waals surface area contributed by atoms with E-state index in [0.29, 0.717) is 12.2 Å². The number of aliphatic hydroxyl groups excluding tert-OH is 3. The second-order valence-corrected chi connectivity index (χ2v) is 20.9. The molecule has 10 atom stereocenters. The van der Waals surface area contributed by atoms with Gasteiger partial charge in [-0.3, -0.25) is 38.4 Å². The van der Waals surface area contributed by atoms with E-state index in [1.165, 1.54) is 32.9 Å². The molecule has 3 aliphatic rings. The zero-order chi connectivity index (χ0) is 57.6. The SMILES string of the molecule is CCCCCOc1ccc(-c2ccc(-c3ccc(C(=O)NC4CCCNC(=O)C5C[C@H](NC(C)=O)CN5C(=O)C([C@@H](C)O)NC(=O)C(CCc5ccc(O)cc5)NC(=O)C5C[C@@H](O)CN5C(=O)C([C@@H](C)O)NC4=O)cc3)cc2)cc1. The van der Waals surface area contributed by atoms with Gasteiger partial charge in [0.15, 0.2) is 0 Å². The molecule has 21 nitrogen and oxygen atoms in total. The lowest BCUT2D eigenvalue weighted by Crippen LogP contribution is -2.61. The summed E-state index contributed by atoms with van der Waals surface area (Å²) < 4.78 is 5.86. The van der Waals surface area contributed by atoms with Crippen LogP contribution in [-0.2, 0) is 40.0 Å². The monoisotopic (exact) mass is 1100 g/mol. The van der Waals surface area contributed by atoms with E-state index in [1.54, 1.807) is 36.4 Å². The molecule has 3 heterocycles. The molecule has 0 saturated carbocycles. The van der Waals surface area contributed by atoms with Crippen LogP contribution in [0.25, 0.3) is 22.3 Å². The molecule has 4 aromatic rings. The van der Waals surface area contributed by atoms with Crippen molar-refractivity contribution in [2.24, 2.45) is 0 Å². The highest BCUT2D eigenvalue weighted by molar-refractivity contribution is 6.00. The first-order chi connectivity index (χ1) is 38.3. The molecule has 3 fully saturated rings. The fraction of sp³-hybridized carbons (Fsp3) is 0.458. The summed E-state index contributed by atoms with van der Waals surface area (Å²) in [6.45, 7) is 5.96. The Morgan fingerprint density at radius 1 is 0.675 bits per heavy atom. The molecule has 0 bridgehead atoms. The molecule has 428 valence electrons. The Balaban J connectivity index is 1.13. The number of fused-ring (bicyclic) bond motifs is 2. The molecule has 0 aromatic heterocycles. The van der Waals surface area contributed by atoms with Gasteiger partial charge in [-0.15, -0.1) is 0 Å². The predicted molar refractivity (Wildman–Crippen MR) is 295 cm³/mol. The minimum absolute atomic E-state index is 0.00976. The summed E-state index contributed by atoms with van der Waals surface area (Å²) in [7, 11) is 0. The van der Waals surface area contributed by atoms with Crippen LogP contribution in [0.5, 0.6) is 11.5 Å². The van der Waals surface area contributed by atoms with Gasteiger partial charge in [-0.2, -0.15) is 0 Å². The predicted octanol–water partition coefficient (Wildman–Crippen LogP) is 2.22. The van der Waals surface area contributed by atoms with Gasteiger partial charge in [-0.05, 0) is 117 Å². The standard InChI is InChI=1S/C59H74N8O13/c1-5-6-7-29-80-46-25-21-41(22-26-46)39-15-13-38(14-16-39)40-17-19-42(20-18-40)53(73)62-47-9-8-28-60-56(76)49-30-43(61-36(4)70)32-66(49)58(78)51(34(2)68)65-55(75)48(27-12-37-10-23-44(71)24-11-37)63-57(77)50-31-45(72)33-67(50)59(79)52(35(3)69)64-54(47)74/h10-11,13-26,34-35,43,45,47-52,68-69,71-72H,5-9,12,27-33H2,1-4H3,(H,60,76)(H,61,70)(H,62,73)(H,63,77)(H,64,74)(H,65,75)/t34-,35-,43+,45-,47?,48?,49?,50?,51?,52?/m1/s1. The highest BCUT2D eigenvalue weighted by Gasteiger charge is 2.46. The van der Waals surface area contributed by atoms with Crippen LogP contribution in [0.4, 0.5) is 0 Å². The number of benzene rings is 4. The van der Waals surface area contributed by atoms with Crippen molar-refractivity contribution < 1.29 is 63.5 Å². The number of rotatable bonds is 15. The van der Waals surface area contributed by atoms with Gasteiger partial charge in [0.25, 0.3) is 5.91 Å². The van der Waals surface area contributed by atoms with Crippen molar-refractivity contribution in [3.63, 3.8) is 0 Å². The Labute approximate surface area is 465 Å². The molecule has 0 radical (unpaired) electrons. The molecular weight excluding hydrogens is 1030 g/mol. The maximum absolute atomic E-state index is 14.5. The van der Waals surface area contributed by atoms with Crippen LogP contribution in [0.15, 0.2) is 97.1 Å². The van der Waals surface area contributed by atoms with Gasteiger partial charge >= 0.3 is 0 Å². The van der Waals surface area contributed by atoms with E-state index < -0.39 is 114 Å². The number of hydrogen-bond acceptors (Lipinski definition) is 13. The van der Waals surface area contributed by atoms with E-state index in [-0.39, 0.29) is 62.9 Å². The summed E-state index contributed by atoms with van der Waals surface area (Å²) in [4.78, 5) is 114. The van der Waals surface area contributed by atoms with Gasteiger partial charge in [0.2, 0.25) is 41.4 Å². The molecular formula is C59H74N8O13. The number of unbranched alkanes of at least 4 members (excludes halogenated alkanes) is 2. The van der Waals surface area contributed by atoms with E-state index in [9.17, 15) is 58.8 Å². The summed E-state index contributed by atoms with van der Waals surface area (Å²) in [5.41, 5.74) is 4.57. The number of carbonyl (C=O) groups is 8. The highest BCUT2D eigenvalue weighted by atomic mass is 16.5. The first-order valence-corrected chi connectivity index (χ1v) is 27.4. The highest BCUT2D eigenvalue weighted by Crippen LogP contribution is 2.28. The number of ether oxygens (including phenoxy) is 1. The summed E-state index contributed by atoms with van der Waals surface area (Å²) in [5.74, 6) is -5.42. The Morgan fingerprint density at radius 3 is 1.80 bits per heavy atom. The number of phenolic OH excluding ortho intramolecular Hbond substituents is 1. The van der Waals surface area contributed by atoms with E-state index in [1.807, 2.05) is 48.5 Å². The molecule has 0 aliphatic carbocycles. The molecule has 10 N–H and O–H groups in total. The zero-order valence-electron chi connectivity index (χ0n) is 45.6. The average Bonchev–Trinajstić information content (AvgIpc) is 4.06. The number of phenols is 1. The normalized spacial score (nSPS) is 24.2. The first kappa shape index (κ1) is 59.8. The Hall–Kier alpha value is -7.88. The number of nitrogens with one attached hydrogen (secondary N) is 6. The third kappa shape index (κ3) is 15.7. The van der Waals surface area contributed by atoms with Crippen LogP contribution in [0.3, 0.4) is 0 Å². The molecule has 7 rings (SSSR count). The summed E-state index contributed by atoms with van der Waals surface area (Å²) in [5, 5.41) is 58.9. The lowest BCUT2D eigenvalue weighted by atomic mass is 9.99. The number of amides is 8. The summed E-state index contributed by atoms with van der Waals surface area (Å²) in [6.07, 6.45) is -1.45. The van der Waals surface area contributed by atoms with Crippen molar-refractivity contribution in [2.75, 3.05) is 26.2 Å². The number of hydrogen-bond donors (Lipinski definition) is 10. The van der Waals surface area contributed by atoms with Gasteiger partial charge in [-0.25, -0.2) is 0 Å². The number of nitrogens with zero attached hydrogens (tertiary/aromatic N) is 2. The van der Waals surface area contributed by atoms with Gasteiger partial charge in [0.1, 0.15) is 47.8 Å². The topological polar surface area (TPSA) is 305 Å². The number of aliphatic hydroxyl groups is 3. The van der Waals surface area contributed by atoms with Crippen molar-refractivity contribution >= 4 is 47.3 Å². The first-order valence-electron chi connectivity index (χ1n) is 27.4. The molecule has 8 amide bonds. The van der Waals surface area contributed by atoms with Crippen molar-refractivity contribution in [3.05, 3.63) is 108 Å². The second kappa shape index (κ2) is 27.8. The number of aromatic hydroxyl groups is 1. The van der Waals surface area contributed by atoms with Crippen LogP contribution in [0.1, 0.15) is 95.0 Å². The van der Waals surface area contributed by atoms with E-state index in [0.717, 1.165) is 57.1 Å². The Bertz CT molecular complexity index is 2810. The van der Waals surface area contributed by atoms with E-state index in [4.69, 9.17) is 4.74 Å². The lowest BCUT2D eigenvalue weighted by Gasteiger charge is -2.32. The minimum Gasteiger partial charge on any atom is -0.508 e. The molecule has 3 saturated heterocycles. The molecule has 0 spiro atoms. The van der Waals surface area contributed by atoms with Gasteiger partial charge < -0.3 is 66.9 Å². The fourth-order valence-corrected chi connectivity index (χ4v) is 10.3. The second-order valence-electron chi connectivity index (χ2n) is 20.9. The molecule has 4 aromatic carbocycles. The van der Waals surface area contributed by atoms with Crippen LogP contribution in [0.2, 0.25) is 0 Å². The number of aryl methyl sites for hydroxylation is 1. The van der Waals surface area contributed by atoms with Gasteiger partial charge in [0.05, 0.1) is 24.9 Å². The summed E-state index contributed by atoms with van der Waals surface area (Å²) in [6, 6.07) is 19.2. The van der Waals surface area contributed by atoms with Crippen molar-refractivity contribution in [1.29, 1.82) is 0 Å².